The molecular weight excluding hydrogens is 486 g/mol. The van der Waals surface area contributed by atoms with Crippen LogP contribution in [0.5, 0.6) is 5.75 Å². The van der Waals surface area contributed by atoms with Crippen molar-refractivity contribution in [2.24, 2.45) is 0 Å². The normalized spacial score (nSPS) is 19.9. The Labute approximate surface area is 226 Å². The van der Waals surface area contributed by atoms with Gasteiger partial charge >= 0.3 is 0 Å². The van der Waals surface area contributed by atoms with Crippen LogP contribution in [-0.4, -0.2) is 66.6 Å². The maximum atomic E-state index is 13.5. The van der Waals surface area contributed by atoms with E-state index in [0.717, 1.165) is 28.9 Å². The van der Waals surface area contributed by atoms with E-state index in [1.807, 2.05) is 44.7 Å². The molecule has 2 aliphatic rings. The molecule has 5 nitrogen and oxygen atoms in total. The van der Waals surface area contributed by atoms with Crippen molar-refractivity contribution in [1.82, 2.24) is 9.80 Å². The van der Waals surface area contributed by atoms with E-state index < -0.39 is 12.0 Å². The van der Waals surface area contributed by atoms with E-state index in [9.17, 15) is 13.6 Å². The van der Waals surface area contributed by atoms with Gasteiger partial charge in [0.2, 0.25) is 6.43 Å². The number of nitrogens with zero attached hydrogens (tertiary/aromatic N) is 2. The van der Waals surface area contributed by atoms with Gasteiger partial charge in [0.15, 0.2) is 0 Å². The summed E-state index contributed by atoms with van der Waals surface area (Å²) in [6.45, 7) is 12.7. The van der Waals surface area contributed by atoms with Crippen molar-refractivity contribution in [3.05, 3.63) is 64.2 Å². The first kappa shape index (κ1) is 28.5. The molecule has 2 saturated heterocycles. The summed E-state index contributed by atoms with van der Waals surface area (Å²) in [5.74, 6) is 0.831. The van der Waals surface area contributed by atoms with E-state index in [-0.39, 0.29) is 24.5 Å². The molecule has 1 atom stereocenters. The molecule has 1 unspecified atom stereocenters. The Hall–Kier alpha value is -2.51. The van der Waals surface area contributed by atoms with Crippen molar-refractivity contribution in [1.29, 1.82) is 0 Å². The quantitative estimate of drug-likeness (QED) is 0.400. The summed E-state index contributed by atoms with van der Waals surface area (Å²) in [6.07, 6.45) is -0.242. The molecular formula is C31H42F2N2O3. The van der Waals surface area contributed by atoms with Crippen LogP contribution in [0.1, 0.15) is 78.7 Å². The van der Waals surface area contributed by atoms with Gasteiger partial charge in [-0.05, 0) is 81.3 Å². The minimum atomic E-state index is -2.32. The van der Waals surface area contributed by atoms with Crippen molar-refractivity contribution in [3.8, 4) is 5.75 Å². The number of morpholine rings is 1. The van der Waals surface area contributed by atoms with E-state index >= 15 is 0 Å². The molecule has 1 amide bonds. The fourth-order valence-electron chi connectivity index (χ4n) is 5.64. The Morgan fingerprint density at radius 3 is 2.39 bits per heavy atom. The number of hydrogen-bond donors (Lipinski definition) is 0. The van der Waals surface area contributed by atoms with Gasteiger partial charge in [0, 0.05) is 44.7 Å². The molecule has 0 aliphatic carbocycles. The van der Waals surface area contributed by atoms with Crippen LogP contribution in [0, 0.1) is 13.8 Å². The van der Waals surface area contributed by atoms with E-state index in [4.69, 9.17) is 9.47 Å². The number of halogens is 2. The molecule has 1 spiro atoms. The number of rotatable bonds is 8. The van der Waals surface area contributed by atoms with Crippen LogP contribution in [0.4, 0.5) is 8.78 Å². The van der Waals surface area contributed by atoms with Crippen LogP contribution in [0.15, 0.2) is 36.4 Å². The first-order chi connectivity index (χ1) is 18.1. The number of carbonyl (C=O) groups is 1. The van der Waals surface area contributed by atoms with Crippen LogP contribution in [-0.2, 0) is 11.2 Å². The lowest BCUT2D eigenvalue weighted by Crippen LogP contribution is -2.58. The maximum Gasteiger partial charge on any atom is 0.254 e. The lowest BCUT2D eigenvalue weighted by Gasteiger charge is -2.50. The summed E-state index contributed by atoms with van der Waals surface area (Å²) in [4.78, 5) is 17.6. The van der Waals surface area contributed by atoms with Crippen molar-refractivity contribution in [2.45, 2.75) is 84.5 Å². The Morgan fingerprint density at radius 1 is 1.11 bits per heavy atom. The fraction of sp³-hybridized carbons (Fsp3) is 0.581. The first-order valence-electron chi connectivity index (χ1n) is 13.9. The Kier molecular flexibility index (Phi) is 9.09. The summed E-state index contributed by atoms with van der Waals surface area (Å²) < 4.78 is 38.8. The molecule has 0 N–H and O–H groups in total. The monoisotopic (exact) mass is 528 g/mol. The van der Waals surface area contributed by atoms with Crippen molar-refractivity contribution >= 4 is 5.91 Å². The average Bonchev–Trinajstić information content (AvgIpc) is 2.89. The number of alkyl halides is 2. The maximum absolute atomic E-state index is 13.5. The zero-order chi connectivity index (χ0) is 27.4. The zero-order valence-electron chi connectivity index (χ0n) is 23.4. The van der Waals surface area contributed by atoms with E-state index in [1.54, 1.807) is 0 Å². The second-order valence-corrected chi connectivity index (χ2v) is 11.2. The lowest BCUT2D eigenvalue weighted by atomic mass is 9.87. The van der Waals surface area contributed by atoms with Crippen molar-refractivity contribution in [3.63, 3.8) is 0 Å². The highest BCUT2D eigenvalue weighted by molar-refractivity contribution is 5.96. The van der Waals surface area contributed by atoms with Gasteiger partial charge in [-0.1, -0.05) is 31.2 Å². The number of ether oxygens (including phenoxy) is 2. The standard InChI is InChI=1S/C31H42F2N2O3/c1-6-24-7-9-25(10-8-24)28-19-34(14-11-29(32)33)20-31(38-28)12-15-35(16-13-31)30(36)26-17-23(5)27(18-22(26)4)37-21(2)3/h7-10,17-18,21,28-29H,6,11-16,19-20H2,1-5H3. The molecule has 4 rings (SSSR count). The number of likely N-dealkylation sites (tertiary alicyclic amines) is 1. The van der Waals surface area contributed by atoms with Crippen LogP contribution < -0.4 is 4.74 Å². The largest absolute Gasteiger partial charge is 0.491 e. The molecule has 7 heteroatoms. The van der Waals surface area contributed by atoms with Gasteiger partial charge in [0.1, 0.15) is 5.75 Å². The molecule has 2 fully saturated rings. The molecule has 38 heavy (non-hydrogen) atoms. The number of aryl methyl sites for hydroxylation is 3. The Bertz CT molecular complexity index is 1100. The van der Waals surface area contributed by atoms with Gasteiger partial charge in [-0.15, -0.1) is 0 Å². The number of carbonyl (C=O) groups excluding carboxylic acids is 1. The summed E-state index contributed by atoms with van der Waals surface area (Å²) in [7, 11) is 0. The van der Waals surface area contributed by atoms with Crippen molar-refractivity contribution in [2.75, 3.05) is 32.7 Å². The number of amides is 1. The molecule has 2 aliphatic heterocycles. The molecule has 208 valence electrons. The molecule has 0 aromatic heterocycles. The molecule has 2 heterocycles. The number of benzene rings is 2. The lowest BCUT2D eigenvalue weighted by molar-refractivity contribution is -0.176. The van der Waals surface area contributed by atoms with Gasteiger partial charge in [0.25, 0.3) is 5.91 Å². The molecule has 2 aromatic rings. The predicted molar refractivity (Wildman–Crippen MR) is 146 cm³/mol. The molecule has 0 saturated carbocycles. The average molecular weight is 529 g/mol. The summed E-state index contributed by atoms with van der Waals surface area (Å²) in [5, 5.41) is 0. The number of piperidine rings is 1. The van der Waals surface area contributed by atoms with E-state index in [1.165, 1.54) is 5.56 Å². The van der Waals surface area contributed by atoms with Crippen LogP contribution in [0.2, 0.25) is 0 Å². The van der Waals surface area contributed by atoms with Gasteiger partial charge < -0.3 is 14.4 Å². The second-order valence-electron chi connectivity index (χ2n) is 11.2. The third-order valence-electron chi connectivity index (χ3n) is 7.83. The van der Waals surface area contributed by atoms with Crippen LogP contribution >= 0.6 is 0 Å². The highest BCUT2D eigenvalue weighted by Gasteiger charge is 2.44. The van der Waals surface area contributed by atoms with Gasteiger partial charge in [0.05, 0.1) is 17.8 Å². The van der Waals surface area contributed by atoms with E-state index in [2.05, 4.69) is 36.1 Å². The third kappa shape index (κ3) is 6.73. The third-order valence-corrected chi connectivity index (χ3v) is 7.83. The zero-order valence-corrected chi connectivity index (χ0v) is 23.4. The van der Waals surface area contributed by atoms with Crippen molar-refractivity contribution < 1.29 is 23.0 Å². The highest BCUT2D eigenvalue weighted by atomic mass is 19.3. The fourth-order valence-corrected chi connectivity index (χ4v) is 5.64. The summed E-state index contributed by atoms with van der Waals surface area (Å²) >= 11 is 0. The minimum Gasteiger partial charge on any atom is -0.491 e. The predicted octanol–water partition coefficient (Wildman–Crippen LogP) is 6.36. The summed E-state index contributed by atoms with van der Waals surface area (Å²) in [5.41, 5.74) is 4.44. The van der Waals surface area contributed by atoms with Crippen LogP contribution in [0.25, 0.3) is 0 Å². The minimum absolute atomic E-state index is 0.0219. The SMILES string of the molecule is CCc1ccc(C2CN(CCC(F)F)CC3(CCN(C(=O)c4cc(C)c(OC(C)C)cc4C)CC3)O2)cc1. The first-order valence-corrected chi connectivity index (χ1v) is 13.9. The van der Waals surface area contributed by atoms with Gasteiger partial charge in [-0.2, -0.15) is 0 Å². The topological polar surface area (TPSA) is 42.0 Å². The Balaban J connectivity index is 1.48. The van der Waals surface area contributed by atoms with Crippen LogP contribution in [0.3, 0.4) is 0 Å². The smallest absolute Gasteiger partial charge is 0.254 e. The van der Waals surface area contributed by atoms with Gasteiger partial charge in [-0.25, -0.2) is 8.78 Å². The van der Waals surface area contributed by atoms with Gasteiger partial charge in [-0.3, -0.25) is 9.69 Å². The van der Waals surface area contributed by atoms with E-state index in [0.29, 0.717) is 51.1 Å². The second kappa shape index (κ2) is 12.1. The molecule has 0 bridgehead atoms. The summed E-state index contributed by atoms with van der Waals surface area (Å²) in [6, 6.07) is 12.3. The highest BCUT2D eigenvalue weighted by Crippen LogP contribution is 2.38. The Morgan fingerprint density at radius 2 is 1.79 bits per heavy atom. The molecule has 2 aromatic carbocycles. The number of hydrogen-bond acceptors (Lipinski definition) is 4. The molecule has 0 radical (unpaired) electrons.